The summed E-state index contributed by atoms with van der Waals surface area (Å²) in [6.45, 7) is 0.588. The number of aliphatic carboxylic acids is 2. The minimum absolute atomic E-state index is 0.102. The summed E-state index contributed by atoms with van der Waals surface area (Å²) < 4.78 is 15.6. The maximum atomic E-state index is 12.0. The summed E-state index contributed by atoms with van der Waals surface area (Å²) in [4.78, 5) is 45.7. The van der Waals surface area contributed by atoms with Crippen molar-refractivity contribution >= 4 is 23.9 Å². The highest BCUT2D eigenvalue weighted by atomic mass is 16.6. The summed E-state index contributed by atoms with van der Waals surface area (Å²) in [7, 11) is 0. The molecule has 2 rings (SSSR count). The number of carbonyl (C=O) groups excluding carboxylic acids is 2. The Kier molecular flexibility index (Phi) is 9.37. The van der Waals surface area contributed by atoms with Gasteiger partial charge in [-0.15, -0.1) is 0 Å². The molecule has 0 spiro atoms. The zero-order chi connectivity index (χ0) is 21.2. The molecule has 0 aliphatic heterocycles. The average Bonchev–Trinajstić information content (AvgIpc) is 2.72. The molecule has 9 nitrogen and oxygen atoms in total. The Bertz CT molecular complexity index is 523. The first-order chi connectivity index (χ1) is 13.9. The summed E-state index contributed by atoms with van der Waals surface area (Å²) >= 11 is 0. The largest absolute Gasteiger partial charge is 0.481 e. The fraction of sp³-hybridized carbons (Fsp3) is 0.800. The summed E-state index contributed by atoms with van der Waals surface area (Å²) in [5, 5.41) is 17.9. The van der Waals surface area contributed by atoms with Gasteiger partial charge in [-0.05, 0) is 51.4 Å². The first-order valence-electron chi connectivity index (χ1n) is 10.2. The zero-order valence-electron chi connectivity index (χ0n) is 16.5. The van der Waals surface area contributed by atoms with E-state index >= 15 is 0 Å². The van der Waals surface area contributed by atoms with Crippen LogP contribution in [0.1, 0.15) is 51.4 Å². The normalized spacial score (nSPS) is 27.0. The van der Waals surface area contributed by atoms with Gasteiger partial charge in [0.2, 0.25) is 0 Å². The van der Waals surface area contributed by atoms with Crippen molar-refractivity contribution in [3.63, 3.8) is 0 Å². The molecule has 0 aromatic carbocycles. The molecule has 9 heteroatoms. The molecule has 2 N–H and O–H groups in total. The number of hydrogen-bond donors (Lipinski definition) is 2. The second kappa shape index (κ2) is 11.7. The molecule has 0 aromatic heterocycles. The van der Waals surface area contributed by atoms with Gasteiger partial charge in [-0.25, -0.2) is 0 Å². The molecule has 0 unspecified atom stereocenters. The van der Waals surface area contributed by atoms with Crippen molar-refractivity contribution in [2.75, 3.05) is 26.4 Å². The van der Waals surface area contributed by atoms with Crippen LogP contribution in [-0.4, -0.2) is 60.5 Å². The van der Waals surface area contributed by atoms with E-state index in [2.05, 4.69) is 0 Å². The molecule has 0 atom stereocenters. The van der Waals surface area contributed by atoms with Gasteiger partial charge in [-0.3, -0.25) is 19.2 Å². The Morgan fingerprint density at radius 1 is 0.552 bits per heavy atom. The monoisotopic (exact) mass is 414 g/mol. The van der Waals surface area contributed by atoms with Crippen LogP contribution in [-0.2, 0) is 33.4 Å². The van der Waals surface area contributed by atoms with Crippen molar-refractivity contribution < 1.29 is 43.6 Å². The van der Waals surface area contributed by atoms with E-state index in [-0.39, 0.29) is 62.0 Å². The highest BCUT2D eigenvalue weighted by Gasteiger charge is 2.31. The molecule has 2 fully saturated rings. The van der Waals surface area contributed by atoms with Gasteiger partial charge in [0.05, 0.1) is 36.9 Å². The second-order valence-electron chi connectivity index (χ2n) is 7.72. The SMILES string of the molecule is O=C(O)C1CCC(C(=O)OCCOCCOC(=O)C2CCC(C(=O)O)CC2)CC1. The molecule has 2 aliphatic rings. The molecule has 0 heterocycles. The quantitative estimate of drug-likeness (QED) is 0.405. The molecule has 29 heavy (non-hydrogen) atoms. The first-order valence-corrected chi connectivity index (χ1v) is 10.2. The van der Waals surface area contributed by atoms with Crippen LogP contribution in [0.3, 0.4) is 0 Å². The van der Waals surface area contributed by atoms with Crippen molar-refractivity contribution in [2.45, 2.75) is 51.4 Å². The van der Waals surface area contributed by atoms with E-state index < -0.39 is 11.9 Å². The second-order valence-corrected chi connectivity index (χ2v) is 7.72. The van der Waals surface area contributed by atoms with Crippen molar-refractivity contribution in [3.05, 3.63) is 0 Å². The van der Waals surface area contributed by atoms with Gasteiger partial charge in [0.15, 0.2) is 0 Å². The van der Waals surface area contributed by atoms with Gasteiger partial charge in [-0.2, -0.15) is 0 Å². The highest BCUT2D eigenvalue weighted by Crippen LogP contribution is 2.30. The van der Waals surface area contributed by atoms with Crippen molar-refractivity contribution in [3.8, 4) is 0 Å². The number of hydrogen-bond acceptors (Lipinski definition) is 7. The van der Waals surface area contributed by atoms with E-state index in [1.165, 1.54) is 0 Å². The Labute approximate surface area is 169 Å². The predicted molar refractivity (Wildman–Crippen MR) is 98.9 cm³/mol. The standard InChI is InChI=1S/C20H30O9/c21-17(22)13-1-5-15(6-2-13)19(25)28-11-9-27-10-12-29-20(26)16-7-3-14(4-8-16)18(23)24/h13-16H,1-12H2,(H,21,22)(H,23,24). The van der Waals surface area contributed by atoms with E-state index in [1.54, 1.807) is 0 Å². The lowest BCUT2D eigenvalue weighted by Crippen LogP contribution is -2.28. The number of rotatable bonds is 10. The number of carboxylic acids is 2. The fourth-order valence-corrected chi connectivity index (χ4v) is 3.89. The molecule has 0 amide bonds. The third kappa shape index (κ3) is 7.64. The molecule has 0 bridgehead atoms. The lowest BCUT2D eigenvalue weighted by molar-refractivity contribution is -0.155. The maximum Gasteiger partial charge on any atom is 0.309 e. The molecule has 164 valence electrons. The molecular weight excluding hydrogens is 384 g/mol. The lowest BCUT2D eigenvalue weighted by atomic mass is 9.82. The van der Waals surface area contributed by atoms with Crippen LogP contribution in [0.5, 0.6) is 0 Å². The smallest absolute Gasteiger partial charge is 0.309 e. The van der Waals surface area contributed by atoms with Gasteiger partial charge in [0, 0.05) is 0 Å². The predicted octanol–water partition coefficient (Wildman–Crippen LogP) is 1.87. The fourth-order valence-electron chi connectivity index (χ4n) is 3.89. The topological polar surface area (TPSA) is 136 Å². The molecular formula is C20H30O9. The Morgan fingerprint density at radius 2 is 0.862 bits per heavy atom. The van der Waals surface area contributed by atoms with Crippen LogP contribution < -0.4 is 0 Å². The van der Waals surface area contributed by atoms with Crippen LogP contribution in [0, 0.1) is 23.7 Å². The highest BCUT2D eigenvalue weighted by molar-refractivity contribution is 5.75. The number of esters is 2. The molecule has 2 saturated carbocycles. The van der Waals surface area contributed by atoms with Crippen molar-refractivity contribution in [2.24, 2.45) is 23.7 Å². The van der Waals surface area contributed by atoms with E-state index in [0.717, 1.165) is 0 Å². The third-order valence-electron chi connectivity index (χ3n) is 5.76. The summed E-state index contributed by atoms with van der Waals surface area (Å²) in [6, 6.07) is 0. The first kappa shape index (κ1) is 23.1. The van der Waals surface area contributed by atoms with Gasteiger partial charge in [0.25, 0.3) is 0 Å². The molecule has 0 saturated heterocycles. The van der Waals surface area contributed by atoms with Gasteiger partial charge in [-0.1, -0.05) is 0 Å². The number of carboxylic acid groups (broad SMARTS) is 2. The molecule has 0 aromatic rings. The number of carbonyl (C=O) groups is 4. The lowest BCUT2D eigenvalue weighted by Gasteiger charge is -2.24. The maximum absolute atomic E-state index is 12.0. The van der Waals surface area contributed by atoms with Crippen LogP contribution in [0.15, 0.2) is 0 Å². The minimum Gasteiger partial charge on any atom is -0.481 e. The van der Waals surface area contributed by atoms with E-state index in [1.807, 2.05) is 0 Å². The van der Waals surface area contributed by atoms with Gasteiger partial charge < -0.3 is 24.4 Å². The Balaban J connectivity index is 1.47. The van der Waals surface area contributed by atoms with E-state index in [4.69, 9.17) is 24.4 Å². The summed E-state index contributed by atoms with van der Waals surface area (Å²) in [6.07, 6.45) is 4.09. The van der Waals surface area contributed by atoms with Crippen LogP contribution >= 0.6 is 0 Å². The van der Waals surface area contributed by atoms with Gasteiger partial charge in [0.1, 0.15) is 13.2 Å². The average molecular weight is 414 g/mol. The van der Waals surface area contributed by atoms with E-state index in [9.17, 15) is 19.2 Å². The third-order valence-corrected chi connectivity index (χ3v) is 5.76. The van der Waals surface area contributed by atoms with Crippen molar-refractivity contribution in [1.29, 1.82) is 0 Å². The van der Waals surface area contributed by atoms with Crippen LogP contribution in [0.25, 0.3) is 0 Å². The zero-order valence-corrected chi connectivity index (χ0v) is 16.5. The van der Waals surface area contributed by atoms with Crippen LogP contribution in [0.2, 0.25) is 0 Å². The minimum atomic E-state index is -0.807. The van der Waals surface area contributed by atoms with Crippen LogP contribution in [0.4, 0.5) is 0 Å². The Hall–Kier alpha value is -2.16. The van der Waals surface area contributed by atoms with Gasteiger partial charge >= 0.3 is 23.9 Å². The molecule has 2 aliphatic carbocycles. The van der Waals surface area contributed by atoms with E-state index in [0.29, 0.717) is 51.4 Å². The molecule has 0 radical (unpaired) electrons. The van der Waals surface area contributed by atoms with Crippen molar-refractivity contribution in [1.82, 2.24) is 0 Å². The summed E-state index contributed by atoms with van der Waals surface area (Å²) in [5.74, 6) is -3.47. The summed E-state index contributed by atoms with van der Waals surface area (Å²) in [5.41, 5.74) is 0. The number of ether oxygens (including phenoxy) is 3. The Morgan fingerprint density at radius 3 is 1.17 bits per heavy atom.